The molecule has 0 N–H and O–H groups in total. The van der Waals surface area contributed by atoms with E-state index in [1.54, 1.807) is 6.26 Å². The molecule has 0 aromatic rings. The van der Waals surface area contributed by atoms with Crippen molar-refractivity contribution in [3.8, 4) is 0 Å². The minimum Gasteiger partial charge on any atom is -0.435 e. The van der Waals surface area contributed by atoms with Gasteiger partial charge in [-0.3, -0.25) is 4.79 Å². The third-order valence-electron chi connectivity index (χ3n) is 2.47. The molecule has 0 unspecified atom stereocenters. The maximum Gasteiger partial charge on any atom is 0.310 e. The third kappa shape index (κ3) is 11.3. The fourth-order valence-corrected chi connectivity index (χ4v) is 1.50. The fourth-order valence-electron chi connectivity index (χ4n) is 1.50. The smallest absolute Gasteiger partial charge is 0.310 e. The molecular weight excluding hydrogens is 200 g/mol. The van der Waals surface area contributed by atoms with Gasteiger partial charge in [0, 0.05) is 6.42 Å². The lowest BCUT2D eigenvalue weighted by Gasteiger charge is -1.98. The van der Waals surface area contributed by atoms with Gasteiger partial charge in [-0.15, -0.1) is 0 Å². The van der Waals surface area contributed by atoms with Gasteiger partial charge < -0.3 is 4.74 Å². The lowest BCUT2D eigenvalue weighted by atomic mass is 10.1. The Kier molecular flexibility index (Phi) is 11.7. The molecule has 16 heavy (non-hydrogen) atoms. The molecule has 0 atom stereocenters. The number of carbonyl (C=O) groups is 1. The highest BCUT2D eigenvalue weighted by atomic mass is 16.5. The van der Waals surface area contributed by atoms with E-state index in [1.807, 2.05) is 13.0 Å². The van der Waals surface area contributed by atoms with Gasteiger partial charge in [-0.1, -0.05) is 46.0 Å². The molecule has 0 fully saturated rings. The average Bonchev–Trinajstić information content (AvgIpc) is 2.27. The van der Waals surface area contributed by atoms with E-state index in [2.05, 4.69) is 6.92 Å². The first-order valence-electron chi connectivity index (χ1n) is 6.65. The van der Waals surface area contributed by atoms with E-state index in [0.29, 0.717) is 6.42 Å². The first kappa shape index (κ1) is 15.2. The summed E-state index contributed by atoms with van der Waals surface area (Å²) in [6.45, 7) is 4.20. The fraction of sp³-hybridized carbons (Fsp3) is 0.786. The standard InChI is InChI=1S/C14H26O2/c1-3-5-6-7-8-9-10-11-13-16-14(15)12-4-2/h11,13H,3-10,12H2,1-2H3. The van der Waals surface area contributed by atoms with Crippen molar-refractivity contribution < 1.29 is 9.53 Å². The minimum atomic E-state index is -0.123. The highest BCUT2D eigenvalue weighted by molar-refractivity contribution is 5.69. The second-order valence-corrected chi connectivity index (χ2v) is 4.17. The molecule has 0 aromatic heterocycles. The zero-order chi connectivity index (χ0) is 12.1. The van der Waals surface area contributed by atoms with Crippen molar-refractivity contribution in [2.24, 2.45) is 0 Å². The van der Waals surface area contributed by atoms with Crippen molar-refractivity contribution in [1.82, 2.24) is 0 Å². The van der Waals surface area contributed by atoms with Crippen molar-refractivity contribution in [2.45, 2.75) is 71.6 Å². The summed E-state index contributed by atoms with van der Waals surface area (Å²) in [5.74, 6) is -0.123. The van der Waals surface area contributed by atoms with Crippen LogP contribution in [0, 0.1) is 0 Å². The number of carbonyl (C=O) groups excluding carboxylic acids is 1. The predicted octanol–water partition coefficient (Wildman–Crippen LogP) is 4.59. The van der Waals surface area contributed by atoms with Crippen LogP contribution in [0.3, 0.4) is 0 Å². The molecule has 2 heteroatoms. The molecule has 94 valence electrons. The first-order valence-corrected chi connectivity index (χ1v) is 6.65. The van der Waals surface area contributed by atoms with Gasteiger partial charge >= 0.3 is 5.97 Å². The quantitative estimate of drug-likeness (QED) is 0.309. The minimum absolute atomic E-state index is 0.123. The highest BCUT2D eigenvalue weighted by Gasteiger charge is 1.95. The number of ether oxygens (including phenoxy) is 1. The zero-order valence-electron chi connectivity index (χ0n) is 10.8. The average molecular weight is 226 g/mol. The number of hydrogen-bond acceptors (Lipinski definition) is 2. The normalized spacial score (nSPS) is 10.9. The Labute approximate surface area is 100 Å². The molecule has 0 aliphatic rings. The Morgan fingerprint density at radius 3 is 2.38 bits per heavy atom. The van der Waals surface area contributed by atoms with E-state index in [0.717, 1.165) is 12.8 Å². The summed E-state index contributed by atoms with van der Waals surface area (Å²) in [5, 5.41) is 0. The van der Waals surface area contributed by atoms with Gasteiger partial charge in [0.15, 0.2) is 0 Å². The molecule has 2 nitrogen and oxygen atoms in total. The summed E-state index contributed by atoms with van der Waals surface area (Å²) >= 11 is 0. The highest BCUT2D eigenvalue weighted by Crippen LogP contribution is 2.07. The van der Waals surface area contributed by atoms with Crippen molar-refractivity contribution in [3.05, 3.63) is 12.3 Å². The Morgan fingerprint density at radius 2 is 1.69 bits per heavy atom. The lowest BCUT2D eigenvalue weighted by molar-refractivity contribution is -0.138. The second kappa shape index (κ2) is 12.3. The Bertz CT molecular complexity index is 185. The van der Waals surface area contributed by atoms with Crippen LogP contribution in [0.2, 0.25) is 0 Å². The summed E-state index contributed by atoms with van der Waals surface area (Å²) in [6, 6.07) is 0. The third-order valence-corrected chi connectivity index (χ3v) is 2.47. The molecule has 0 aromatic carbocycles. The van der Waals surface area contributed by atoms with Gasteiger partial charge in [0.1, 0.15) is 0 Å². The van der Waals surface area contributed by atoms with Crippen molar-refractivity contribution in [2.75, 3.05) is 0 Å². The molecular formula is C14H26O2. The van der Waals surface area contributed by atoms with Crippen LogP contribution in [0.15, 0.2) is 12.3 Å². The number of hydrogen-bond donors (Lipinski definition) is 0. The summed E-state index contributed by atoms with van der Waals surface area (Å²) in [4.78, 5) is 11.0. The summed E-state index contributed by atoms with van der Waals surface area (Å²) in [6.07, 6.45) is 13.7. The molecule has 0 rings (SSSR count). The summed E-state index contributed by atoms with van der Waals surface area (Å²) in [7, 11) is 0. The van der Waals surface area contributed by atoms with Gasteiger partial charge in [-0.25, -0.2) is 0 Å². The maximum atomic E-state index is 11.0. The Balaban J connectivity index is 3.18. The molecule has 0 aliphatic carbocycles. The maximum absolute atomic E-state index is 11.0. The monoisotopic (exact) mass is 226 g/mol. The largest absolute Gasteiger partial charge is 0.435 e. The summed E-state index contributed by atoms with van der Waals surface area (Å²) < 4.78 is 4.91. The van der Waals surface area contributed by atoms with Crippen molar-refractivity contribution in [3.63, 3.8) is 0 Å². The zero-order valence-corrected chi connectivity index (χ0v) is 10.8. The van der Waals surface area contributed by atoms with Gasteiger partial charge in [0.05, 0.1) is 6.26 Å². The van der Waals surface area contributed by atoms with Crippen LogP contribution in [0.25, 0.3) is 0 Å². The topological polar surface area (TPSA) is 26.3 Å². The molecule has 0 bridgehead atoms. The molecule has 0 aliphatic heterocycles. The predicted molar refractivity (Wildman–Crippen MR) is 68.1 cm³/mol. The molecule has 0 amide bonds. The van der Waals surface area contributed by atoms with Crippen LogP contribution in [0.4, 0.5) is 0 Å². The van der Waals surface area contributed by atoms with E-state index < -0.39 is 0 Å². The van der Waals surface area contributed by atoms with E-state index in [9.17, 15) is 4.79 Å². The number of allylic oxidation sites excluding steroid dienone is 1. The first-order chi connectivity index (χ1) is 7.81. The number of esters is 1. The van der Waals surface area contributed by atoms with Gasteiger partial charge in [-0.2, -0.15) is 0 Å². The van der Waals surface area contributed by atoms with Crippen LogP contribution in [0.5, 0.6) is 0 Å². The Morgan fingerprint density at radius 1 is 1.00 bits per heavy atom. The van der Waals surface area contributed by atoms with E-state index in [1.165, 1.54) is 38.5 Å². The second-order valence-electron chi connectivity index (χ2n) is 4.17. The van der Waals surface area contributed by atoms with Gasteiger partial charge in [0.25, 0.3) is 0 Å². The van der Waals surface area contributed by atoms with Crippen LogP contribution in [0.1, 0.15) is 71.6 Å². The van der Waals surface area contributed by atoms with E-state index >= 15 is 0 Å². The number of rotatable bonds is 10. The van der Waals surface area contributed by atoms with E-state index in [4.69, 9.17) is 4.74 Å². The van der Waals surface area contributed by atoms with Gasteiger partial charge in [-0.05, 0) is 25.3 Å². The molecule has 0 saturated heterocycles. The van der Waals surface area contributed by atoms with Crippen LogP contribution in [-0.4, -0.2) is 5.97 Å². The molecule has 0 radical (unpaired) electrons. The molecule has 0 heterocycles. The molecule has 0 saturated carbocycles. The van der Waals surface area contributed by atoms with Crippen molar-refractivity contribution >= 4 is 5.97 Å². The SMILES string of the molecule is CCCCCCCCC=COC(=O)CCC. The van der Waals surface area contributed by atoms with Crippen LogP contribution in [-0.2, 0) is 9.53 Å². The lowest BCUT2D eigenvalue weighted by Crippen LogP contribution is -1.97. The number of unbranched alkanes of at least 4 members (excludes halogenated alkanes) is 6. The van der Waals surface area contributed by atoms with E-state index in [-0.39, 0.29) is 5.97 Å². The van der Waals surface area contributed by atoms with Crippen molar-refractivity contribution in [1.29, 1.82) is 0 Å². The van der Waals surface area contributed by atoms with Crippen LogP contribution >= 0.6 is 0 Å². The van der Waals surface area contributed by atoms with Gasteiger partial charge in [0.2, 0.25) is 0 Å². The molecule has 0 spiro atoms. The Hall–Kier alpha value is -0.790. The summed E-state index contributed by atoms with van der Waals surface area (Å²) in [5.41, 5.74) is 0. The van der Waals surface area contributed by atoms with Crippen LogP contribution < -0.4 is 0 Å².